The van der Waals surface area contributed by atoms with Crippen LogP contribution in [0.1, 0.15) is 36.4 Å². The summed E-state index contributed by atoms with van der Waals surface area (Å²) in [6.07, 6.45) is 5.97. The van der Waals surface area contributed by atoms with Crippen LogP contribution in [0.3, 0.4) is 0 Å². The Labute approximate surface area is 130 Å². The zero-order valence-corrected chi connectivity index (χ0v) is 13.3. The molecule has 1 unspecified atom stereocenters. The predicted octanol–water partition coefficient (Wildman–Crippen LogP) is 0.832. The van der Waals surface area contributed by atoms with E-state index in [2.05, 4.69) is 43.4 Å². The molecule has 2 aromatic heterocycles. The summed E-state index contributed by atoms with van der Waals surface area (Å²) < 4.78 is 2.35. The smallest absolute Gasteiger partial charge is 0.286 e. The molecule has 6 nitrogen and oxygen atoms in total. The van der Waals surface area contributed by atoms with Gasteiger partial charge in [-0.1, -0.05) is 11.9 Å². The minimum atomic E-state index is 0.481. The molecule has 4 rings (SSSR count). The molecule has 0 saturated carbocycles. The molecule has 116 valence electrons. The Morgan fingerprint density at radius 2 is 2.14 bits per heavy atom. The van der Waals surface area contributed by atoms with Crippen LogP contribution in [0.5, 0.6) is 0 Å². The van der Waals surface area contributed by atoms with E-state index in [9.17, 15) is 0 Å². The van der Waals surface area contributed by atoms with Gasteiger partial charge < -0.3 is 0 Å². The third kappa shape index (κ3) is 2.32. The molecule has 0 amide bonds. The van der Waals surface area contributed by atoms with E-state index in [1.807, 2.05) is 18.7 Å². The number of H-pyrrole nitrogens is 1. The van der Waals surface area contributed by atoms with Crippen molar-refractivity contribution in [3.8, 4) is 0 Å². The molecule has 1 N–H and O–H groups in total. The average molecular weight is 299 g/mol. The lowest BCUT2D eigenvalue weighted by atomic mass is 10.2. The average Bonchev–Trinajstić information content (AvgIpc) is 3.20. The molecular formula is C16H23N6+. The molecule has 6 heteroatoms. The first-order chi connectivity index (χ1) is 10.7. The van der Waals surface area contributed by atoms with Crippen LogP contribution in [0.25, 0.3) is 0 Å². The van der Waals surface area contributed by atoms with Crippen molar-refractivity contribution in [1.29, 1.82) is 0 Å². The van der Waals surface area contributed by atoms with Crippen LogP contribution in [-0.2, 0) is 32.7 Å². The second-order valence-electron chi connectivity index (χ2n) is 6.45. The SMILES string of the molecule is CCN1Cc2cnc[n+](CC(C)N3Cc4cn[nH]c4C3)c2C1. The lowest BCUT2D eigenvalue weighted by molar-refractivity contribution is -0.711. The minimum absolute atomic E-state index is 0.481. The standard InChI is InChI=1S/C16H23N6/c1-3-20-7-14-4-17-11-22(16(14)10-20)6-12(2)21-8-13-5-18-19-15(13)9-21/h4-5,11-12H,3,6-10H2,1-2H3,(H,18,19)/q+1. The van der Waals surface area contributed by atoms with Crippen molar-refractivity contribution in [1.82, 2.24) is 25.0 Å². The van der Waals surface area contributed by atoms with Crippen molar-refractivity contribution >= 4 is 0 Å². The molecule has 0 bridgehead atoms. The Balaban J connectivity index is 1.48. The predicted molar refractivity (Wildman–Crippen MR) is 81.5 cm³/mol. The summed E-state index contributed by atoms with van der Waals surface area (Å²) in [5.41, 5.74) is 5.42. The van der Waals surface area contributed by atoms with E-state index in [4.69, 9.17) is 0 Å². The molecule has 2 aromatic rings. The van der Waals surface area contributed by atoms with E-state index in [0.717, 1.165) is 39.3 Å². The van der Waals surface area contributed by atoms with Crippen LogP contribution in [0, 0.1) is 0 Å². The number of hydrogen-bond donors (Lipinski definition) is 1. The zero-order chi connectivity index (χ0) is 15.1. The summed E-state index contributed by atoms with van der Waals surface area (Å²) >= 11 is 0. The summed E-state index contributed by atoms with van der Waals surface area (Å²) in [5, 5.41) is 7.22. The molecule has 0 aromatic carbocycles. The number of hydrogen-bond acceptors (Lipinski definition) is 4. The van der Waals surface area contributed by atoms with Crippen LogP contribution in [-0.4, -0.2) is 37.6 Å². The van der Waals surface area contributed by atoms with Gasteiger partial charge in [-0.25, -0.2) is 4.57 Å². The fourth-order valence-electron chi connectivity index (χ4n) is 3.55. The maximum atomic E-state index is 4.44. The maximum Gasteiger partial charge on any atom is 0.286 e. The van der Waals surface area contributed by atoms with Crippen molar-refractivity contribution in [3.63, 3.8) is 0 Å². The van der Waals surface area contributed by atoms with Gasteiger partial charge in [0, 0.05) is 31.2 Å². The second-order valence-corrected chi connectivity index (χ2v) is 6.45. The highest BCUT2D eigenvalue weighted by molar-refractivity contribution is 5.20. The molecule has 2 aliphatic heterocycles. The normalized spacial score (nSPS) is 19.4. The van der Waals surface area contributed by atoms with Gasteiger partial charge in [0.1, 0.15) is 18.4 Å². The van der Waals surface area contributed by atoms with Crippen molar-refractivity contribution in [2.75, 3.05) is 6.54 Å². The Bertz CT molecular complexity index is 659. The molecule has 0 fully saturated rings. The molecule has 0 spiro atoms. The third-order valence-electron chi connectivity index (χ3n) is 4.99. The van der Waals surface area contributed by atoms with Gasteiger partial charge in [-0.2, -0.15) is 5.10 Å². The summed E-state index contributed by atoms with van der Waals surface area (Å²) in [7, 11) is 0. The number of nitrogens with one attached hydrogen (secondary N) is 1. The van der Waals surface area contributed by atoms with E-state index in [-0.39, 0.29) is 0 Å². The van der Waals surface area contributed by atoms with Gasteiger partial charge >= 0.3 is 0 Å². The van der Waals surface area contributed by atoms with E-state index < -0.39 is 0 Å². The second kappa shape index (κ2) is 5.44. The summed E-state index contributed by atoms with van der Waals surface area (Å²) in [6.45, 7) is 10.7. The first-order valence-electron chi connectivity index (χ1n) is 8.07. The number of aromatic nitrogens is 4. The van der Waals surface area contributed by atoms with Gasteiger partial charge in [-0.15, -0.1) is 0 Å². The minimum Gasteiger partial charge on any atom is -0.291 e. The third-order valence-corrected chi connectivity index (χ3v) is 4.99. The first-order valence-corrected chi connectivity index (χ1v) is 8.07. The summed E-state index contributed by atoms with van der Waals surface area (Å²) in [4.78, 5) is 9.40. The fourth-order valence-corrected chi connectivity index (χ4v) is 3.55. The molecule has 0 radical (unpaired) electrons. The van der Waals surface area contributed by atoms with Gasteiger partial charge in [0.2, 0.25) is 0 Å². The highest BCUT2D eigenvalue weighted by Gasteiger charge is 2.29. The molecule has 2 aliphatic rings. The van der Waals surface area contributed by atoms with Crippen LogP contribution in [0.4, 0.5) is 0 Å². The van der Waals surface area contributed by atoms with E-state index in [0.29, 0.717) is 6.04 Å². The highest BCUT2D eigenvalue weighted by Crippen LogP contribution is 2.23. The Morgan fingerprint density at radius 1 is 1.23 bits per heavy atom. The Morgan fingerprint density at radius 3 is 2.95 bits per heavy atom. The summed E-state index contributed by atoms with van der Waals surface area (Å²) in [6, 6.07) is 0.481. The Hall–Kier alpha value is -1.79. The number of rotatable bonds is 4. The van der Waals surface area contributed by atoms with E-state index >= 15 is 0 Å². The molecule has 1 atom stereocenters. The quantitative estimate of drug-likeness (QED) is 0.850. The molecule has 0 aliphatic carbocycles. The van der Waals surface area contributed by atoms with Crippen molar-refractivity contribution in [3.05, 3.63) is 41.2 Å². The van der Waals surface area contributed by atoms with Crippen molar-refractivity contribution in [2.45, 2.75) is 52.6 Å². The lowest BCUT2D eigenvalue weighted by Crippen LogP contribution is -2.48. The van der Waals surface area contributed by atoms with Gasteiger partial charge in [-0.05, 0) is 13.5 Å². The number of aromatic amines is 1. The summed E-state index contributed by atoms with van der Waals surface area (Å²) in [5.74, 6) is 0. The molecule has 0 saturated heterocycles. The highest BCUT2D eigenvalue weighted by atomic mass is 15.3. The van der Waals surface area contributed by atoms with Crippen LogP contribution in [0.2, 0.25) is 0 Å². The maximum absolute atomic E-state index is 4.44. The van der Waals surface area contributed by atoms with Gasteiger partial charge in [0.25, 0.3) is 6.33 Å². The van der Waals surface area contributed by atoms with Gasteiger partial charge in [-0.3, -0.25) is 14.9 Å². The number of nitrogens with zero attached hydrogens (tertiary/aromatic N) is 5. The Kier molecular flexibility index (Phi) is 3.43. The fraction of sp³-hybridized carbons (Fsp3) is 0.562. The van der Waals surface area contributed by atoms with E-state index in [1.54, 1.807) is 0 Å². The van der Waals surface area contributed by atoms with Crippen molar-refractivity contribution in [2.24, 2.45) is 0 Å². The zero-order valence-electron chi connectivity index (χ0n) is 13.3. The van der Waals surface area contributed by atoms with Crippen LogP contribution >= 0.6 is 0 Å². The number of fused-ring (bicyclic) bond motifs is 2. The van der Waals surface area contributed by atoms with Gasteiger partial charge in [0.05, 0.1) is 24.0 Å². The topological polar surface area (TPSA) is 51.9 Å². The van der Waals surface area contributed by atoms with Crippen LogP contribution < -0.4 is 4.57 Å². The molecular weight excluding hydrogens is 276 g/mol. The molecule has 22 heavy (non-hydrogen) atoms. The largest absolute Gasteiger partial charge is 0.291 e. The van der Waals surface area contributed by atoms with Crippen LogP contribution in [0.15, 0.2) is 18.7 Å². The molecule has 4 heterocycles. The van der Waals surface area contributed by atoms with Gasteiger partial charge in [0.15, 0.2) is 0 Å². The van der Waals surface area contributed by atoms with E-state index in [1.165, 1.54) is 22.5 Å². The first kappa shape index (κ1) is 13.8. The lowest BCUT2D eigenvalue weighted by Gasteiger charge is -2.23. The monoisotopic (exact) mass is 299 g/mol. The van der Waals surface area contributed by atoms with Crippen molar-refractivity contribution < 1.29 is 4.57 Å².